The minimum atomic E-state index is -0.812. The molecule has 0 atom stereocenters. The van der Waals surface area contributed by atoms with Crippen LogP contribution < -0.4 is 15.1 Å². The van der Waals surface area contributed by atoms with E-state index in [9.17, 15) is 9.59 Å². The minimum absolute atomic E-state index is 0.183. The Hall–Kier alpha value is -4.19. The third-order valence-electron chi connectivity index (χ3n) is 4.43. The van der Waals surface area contributed by atoms with Gasteiger partial charge in [-0.15, -0.1) is 0 Å². The monoisotopic (exact) mass is 399 g/mol. The summed E-state index contributed by atoms with van der Waals surface area (Å²) in [4.78, 5) is 28.7. The van der Waals surface area contributed by atoms with Gasteiger partial charge in [-0.2, -0.15) is 0 Å². The molecule has 4 rings (SSSR count). The normalized spacial score (nSPS) is 11.0. The van der Waals surface area contributed by atoms with Gasteiger partial charge in [-0.25, -0.2) is 9.59 Å². The summed E-state index contributed by atoms with van der Waals surface area (Å²) in [6.45, 7) is 0. The number of ether oxygens (including phenoxy) is 2. The van der Waals surface area contributed by atoms with Gasteiger partial charge in [0.05, 0.1) is 7.11 Å². The van der Waals surface area contributed by atoms with E-state index in [0.717, 1.165) is 11.1 Å². The highest BCUT2D eigenvalue weighted by Crippen LogP contribution is 2.29. The maximum absolute atomic E-state index is 12.6. The topological polar surface area (TPSA) is 78.6 Å². The second-order valence-electron chi connectivity index (χ2n) is 6.40. The van der Waals surface area contributed by atoms with E-state index in [0.29, 0.717) is 16.7 Å². The second-order valence-corrected chi connectivity index (χ2v) is 6.40. The van der Waals surface area contributed by atoms with Gasteiger partial charge in [0.2, 0.25) is 0 Å². The molecule has 2 aromatic carbocycles. The lowest BCUT2D eigenvalue weighted by Crippen LogP contribution is -2.19. The summed E-state index contributed by atoms with van der Waals surface area (Å²) >= 11 is 0. The number of aromatic nitrogens is 1. The number of carbonyl (C=O) groups excluding carboxylic acids is 1. The first-order valence-electron chi connectivity index (χ1n) is 9.15. The second kappa shape index (κ2) is 8.45. The highest BCUT2D eigenvalue weighted by atomic mass is 16.6. The van der Waals surface area contributed by atoms with Crippen molar-refractivity contribution in [1.29, 1.82) is 0 Å². The van der Waals surface area contributed by atoms with Crippen LogP contribution in [0.25, 0.3) is 23.1 Å². The van der Waals surface area contributed by atoms with Crippen molar-refractivity contribution in [3.63, 3.8) is 0 Å². The fourth-order valence-electron chi connectivity index (χ4n) is 2.90. The number of para-hydroxylation sites is 1. The maximum Gasteiger partial charge on any atom is 0.351 e. The number of methoxy groups -OCH3 is 1. The predicted molar refractivity (Wildman–Crippen MR) is 114 cm³/mol. The molecule has 30 heavy (non-hydrogen) atoms. The molecule has 0 aliphatic heterocycles. The zero-order valence-corrected chi connectivity index (χ0v) is 16.1. The van der Waals surface area contributed by atoms with E-state index >= 15 is 0 Å². The van der Waals surface area contributed by atoms with Crippen molar-refractivity contribution in [3.05, 3.63) is 100 Å². The Morgan fingerprint density at radius 2 is 1.70 bits per heavy atom. The third kappa shape index (κ3) is 4.12. The Labute approximate surface area is 172 Å². The van der Waals surface area contributed by atoms with Gasteiger partial charge >= 0.3 is 11.6 Å². The van der Waals surface area contributed by atoms with Crippen molar-refractivity contribution in [1.82, 2.24) is 4.98 Å². The summed E-state index contributed by atoms with van der Waals surface area (Å²) in [7, 11) is 1.48. The molecule has 0 aliphatic carbocycles. The zero-order valence-electron chi connectivity index (χ0n) is 16.1. The van der Waals surface area contributed by atoms with Crippen molar-refractivity contribution in [2.24, 2.45) is 0 Å². The fourth-order valence-corrected chi connectivity index (χ4v) is 2.90. The highest BCUT2D eigenvalue weighted by Gasteiger charge is 2.18. The molecule has 148 valence electrons. The van der Waals surface area contributed by atoms with Gasteiger partial charge in [0.1, 0.15) is 11.1 Å². The van der Waals surface area contributed by atoms with Crippen LogP contribution in [0.4, 0.5) is 0 Å². The lowest BCUT2D eigenvalue weighted by atomic mass is 10.1. The van der Waals surface area contributed by atoms with E-state index in [-0.39, 0.29) is 11.3 Å². The first kappa shape index (κ1) is 19.1. The van der Waals surface area contributed by atoms with E-state index in [1.807, 2.05) is 24.3 Å². The van der Waals surface area contributed by atoms with Crippen LogP contribution in [0.5, 0.6) is 11.5 Å². The van der Waals surface area contributed by atoms with Crippen molar-refractivity contribution in [2.75, 3.05) is 7.11 Å². The number of hydrogen-bond acceptors (Lipinski definition) is 6. The number of hydrogen-bond donors (Lipinski definition) is 0. The van der Waals surface area contributed by atoms with Gasteiger partial charge in [0.25, 0.3) is 0 Å². The quantitative estimate of drug-likeness (QED) is 0.278. The van der Waals surface area contributed by atoms with Crippen LogP contribution >= 0.6 is 0 Å². The van der Waals surface area contributed by atoms with Gasteiger partial charge in [-0.05, 0) is 47.5 Å². The molecule has 0 fully saturated rings. The Morgan fingerprint density at radius 1 is 0.933 bits per heavy atom. The SMILES string of the molecule is COc1cc(/C=C/c2ccncc2)ccc1OC(=O)c1cc2ccccc2oc1=O. The lowest BCUT2D eigenvalue weighted by molar-refractivity contribution is 0.0725. The summed E-state index contributed by atoms with van der Waals surface area (Å²) in [5.41, 5.74) is 1.32. The first-order chi connectivity index (χ1) is 14.6. The van der Waals surface area contributed by atoms with Gasteiger partial charge in [-0.1, -0.05) is 36.4 Å². The van der Waals surface area contributed by atoms with E-state index in [4.69, 9.17) is 13.9 Å². The average molecular weight is 399 g/mol. The number of fused-ring (bicyclic) bond motifs is 1. The minimum Gasteiger partial charge on any atom is -0.493 e. The molecule has 0 saturated carbocycles. The highest BCUT2D eigenvalue weighted by molar-refractivity contribution is 5.94. The Kier molecular flexibility index (Phi) is 5.39. The summed E-state index contributed by atoms with van der Waals surface area (Å²) in [5.74, 6) is -0.241. The van der Waals surface area contributed by atoms with Crippen molar-refractivity contribution in [2.45, 2.75) is 0 Å². The molecule has 0 N–H and O–H groups in total. The van der Waals surface area contributed by atoms with Crippen LogP contribution in [0.2, 0.25) is 0 Å². The lowest BCUT2D eigenvalue weighted by Gasteiger charge is -2.10. The van der Waals surface area contributed by atoms with Gasteiger partial charge in [0.15, 0.2) is 11.5 Å². The molecule has 2 heterocycles. The number of nitrogens with zero attached hydrogens (tertiary/aromatic N) is 1. The molecule has 2 aromatic heterocycles. The van der Waals surface area contributed by atoms with E-state index in [1.165, 1.54) is 13.2 Å². The van der Waals surface area contributed by atoms with E-state index < -0.39 is 11.6 Å². The fraction of sp³-hybridized carbons (Fsp3) is 0.0417. The predicted octanol–water partition coefficient (Wildman–Crippen LogP) is 4.59. The third-order valence-corrected chi connectivity index (χ3v) is 4.43. The summed E-state index contributed by atoms with van der Waals surface area (Å²) in [6.07, 6.45) is 7.27. The molecule has 4 aromatic rings. The maximum atomic E-state index is 12.6. The molecule has 0 aliphatic rings. The van der Waals surface area contributed by atoms with Crippen molar-refractivity contribution >= 4 is 29.1 Å². The molecule has 0 amide bonds. The summed E-state index contributed by atoms with van der Waals surface area (Å²) in [5, 5.41) is 0.632. The number of rotatable bonds is 5. The van der Waals surface area contributed by atoms with Crippen molar-refractivity contribution in [3.8, 4) is 11.5 Å². The molecule has 6 nitrogen and oxygen atoms in total. The Bertz CT molecular complexity index is 1290. The van der Waals surface area contributed by atoms with Gasteiger partial charge in [-0.3, -0.25) is 4.98 Å². The number of benzene rings is 2. The molecular formula is C24H17NO5. The largest absolute Gasteiger partial charge is 0.493 e. The zero-order chi connectivity index (χ0) is 20.9. The average Bonchev–Trinajstić information content (AvgIpc) is 2.78. The molecular weight excluding hydrogens is 382 g/mol. The van der Waals surface area contributed by atoms with Crippen LogP contribution in [-0.2, 0) is 0 Å². The van der Waals surface area contributed by atoms with Crippen LogP contribution in [0, 0.1) is 0 Å². The Balaban J connectivity index is 1.58. The van der Waals surface area contributed by atoms with E-state index in [2.05, 4.69) is 4.98 Å². The van der Waals surface area contributed by atoms with Crippen LogP contribution in [-0.4, -0.2) is 18.1 Å². The molecule has 6 heteroatoms. The standard InChI is InChI=1S/C24H17NO5/c1-28-22-14-17(7-6-16-10-12-25-13-11-16)8-9-21(22)30-24(27)19-15-18-4-2-3-5-20(18)29-23(19)26/h2-15H,1H3/b7-6+. The van der Waals surface area contributed by atoms with Crippen LogP contribution in [0.3, 0.4) is 0 Å². The van der Waals surface area contributed by atoms with Crippen LogP contribution in [0.1, 0.15) is 21.5 Å². The summed E-state index contributed by atoms with van der Waals surface area (Å²) < 4.78 is 16.0. The molecule has 0 spiro atoms. The van der Waals surface area contributed by atoms with Gasteiger partial charge in [0, 0.05) is 17.8 Å². The van der Waals surface area contributed by atoms with Gasteiger partial charge < -0.3 is 13.9 Å². The first-order valence-corrected chi connectivity index (χ1v) is 9.15. The molecule has 0 saturated heterocycles. The Morgan fingerprint density at radius 3 is 2.50 bits per heavy atom. The smallest absolute Gasteiger partial charge is 0.351 e. The molecule has 0 radical (unpaired) electrons. The van der Waals surface area contributed by atoms with Crippen molar-refractivity contribution < 1.29 is 18.7 Å². The van der Waals surface area contributed by atoms with Crippen LogP contribution in [0.15, 0.2) is 82.3 Å². The summed E-state index contributed by atoms with van der Waals surface area (Å²) in [6, 6.07) is 17.3. The molecule has 0 unspecified atom stereocenters. The number of esters is 1. The number of pyridine rings is 1. The van der Waals surface area contributed by atoms with E-state index in [1.54, 1.807) is 54.9 Å². The molecule has 0 bridgehead atoms. The number of carbonyl (C=O) groups is 1.